The SMILES string of the molecule is Fc1cc(F)cc(Nc2cnc3[nH]ccc3c2)c1. The van der Waals surface area contributed by atoms with E-state index in [1.54, 1.807) is 12.4 Å². The van der Waals surface area contributed by atoms with E-state index in [1.807, 2.05) is 12.1 Å². The summed E-state index contributed by atoms with van der Waals surface area (Å²) in [6.45, 7) is 0. The smallest absolute Gasteiger partial charge is 0.137 e. The van der Waals surface area contributed by atoms with Gasteiger partial charge in [0.2, 0.25) is 0 Å². The van der Waals surface area contributed by atoms with Crippen LogP contribution >= 0.6 is 0 Å². The molecule has 1 aromatic carbocycles. The second kappa shape index (κ2) is 4.10. The van der Waals surface area contributed by atoms with Gasteiger partial charge >= 0.3 is 0 Å². The number of anilines is 2. The summed E-state index contributed by atoms with van der Waals surface area (Å²) in [6.07, 6.45) is 3.38. The molecule has 0 amide bonds. The van der Waals surface area contributed by atoms with Crippen LogP contribution in [0.5, 0.6) is 0 Å². The van der Waals surface area contributed by atoms with E-state index in [2.05, 4.69) is 15.3 Å². The summed E-state index contributed by atoms with van der Waals surface area (Å²) in [5, 5.41) is 3.84. The summed E-state index contributed by atoms with van der Waals surface area (Å²) in [7, 11) is 0. The molecule has 0 fully saturated rings. The first-order valence-corrected chi connectivity index (χ1v) is 5.37. The molecule has 90 valence electrons. The van der Waals surface area contributed by atoms with Gasteiger partial charge in [-0.15, -0.1) is 0 Å². The summed E-state index contributed by atoms with van der Waals surface area (Å²) >= 11 is 0. The van der Waals surface area contributed by atoms with Gasteiger partial charge in [-0.05, 0) is 24.3 Å². The maximum absolute atomic E-state index is 13.0. The lowest BCUT2D eigenvalue weighted by Crippen LogP contribution is -1.93. The number of H-pyrrole nitrogens is 1. The molecule has 3 aromatic rings. The predicted octanol–water partition coefficient (Wildman–Crippen LogP) is 3.58. The highest BCUT2D eigenvalue weighted by Gasteiger charge is 2.02. The second-order valence-electron chi connectivity index (χ2n) is 3.92. The third-order valence-electron chi connectivity index (χ3n) is 2.55. The molecule has 2 heterocycles. The minimum atomic E-state index is -0.617. The summed E-state index contributed by atoms with van der Waals surface area (Å²) < 4.78 is 26.1. The number of hydrogen-bond donors (Lipinski definition) is 2. The van der Waals surface area contributed by atoms with E-state index < -0.39 is 11.6 Å². The summed E-state index contributed by atoms with van der Waals surface area (Å²) in [4.78, 5) is 7.15. The molecule has 0 spiro atoms. The lowest BCUT2D eigenvalue weighted by Gasteiger charge is -2.06. The number of nitrogens with one attached hydrogen (secondary N) is 2. The molecule has 0 atom stereocenters. The first kappa shape index (κ1) is 10.7. The van der Waals surface area contributed by atoms with E-state index in [4.69, 9.17) is 0 Å². The van der Waals surface area contributed by atoms with Crippen LogP contribution in [0, 0.1) is 11.6 Å². The standard InChI is InChI=1S/C13H9F2N3/c14-9-4-10(15)6-11(5-9)18-12-3-8-1-2-16-13(8)17-7-12/h1-7,18H,(H,16,17). The molecule has 0 aliphatic rings. The third-order valence-corrected chi connectivity index (χ3v) is 2.55. The van der Waals surface area contributed by atoms with E-state index in [9.17, 15) is 8.78 Å². The molecule has 0 bridgehead atoms. The largest absolute Gasteiger partial charge is 0.354 e. The van der Waals surface area contributed by atoms with Crippen molar-refractivity contribution < 1.29 is 8.78 Å². The van der Waals surface area contributed by atoms with Crippen LogP contribution in [-0.2, 0) is 0 Å². The molecule has 3 rings (SSSR count). The van der Waals surface area contributed by atoms with Crippen molar-refractivity contribution >= 4 is 22.4 Å². The number of nitrogens with zero attached hydrogens (tertiary/aromatic N) is 1. The second-order valence-corrected chi connectivity index (χ2v) is 3.92. The van der Waals surface area contributed by atoms with Gasteiger partial charge in [-0.25, -0.2) is 13.8 Å². The Hall–Kier alpha value is -2.43. The molecular weight excluding hydrogens is 236 g/mol. The molecule has 3 nitrogen and oxygen atoms in total. The zero-order chi connectivity index (χ0) is 12.5. The molecule has 0 saturated carbocycles. The van der Waals surface area contributed by atoms with Crippen LogP contribution in [0.15, 0.2) is 42.7 Å². The number of aromatic amines is 1. The first-order valence-electron chi connectivity index (χ1n) is 5.37. The van der Waals surface area contributed by atoms with Gasteiger partial charge in [0.05, 0.1) is 11.9 Å². The summed E-state index contributed by atoms with van der Waals surface area (Å²) in [5.74, 6) is -1.23. The summed E-state index contributed by atoms with van der Waals surface area (Å²) in [6, 6.07) is 7.01. The highest BCUT2D eigenvalue weighted by molar-refractivity contribution is 5.80. The average molecular weight is 245 g/mol. The highest BCUT2D eigenvalue weighted by atomic mass is 19.1. The number of pyridine rings is 1. The van der Waals surface area contributed by atoms with Crippen molar-refractivity contribution in [3.8, 4) is 0 Å². The van der Waals surface area contributed by atoms with Crippen LogP contribution in [0.3, 0.4) is 0 Å². The van der Waals surface area contributed by atoms with Crippen molar-refractivity contribution in [1.29, 1.82) is 0 Å². The zero-order valence-corrected chi connectivity index (χ0v) is 9.24. The molecule has 0 aliphatic heterocycles. The van der Waals surface area contributed by atoms with Crippen LogP contribution in [-0.4, -0.2) is 9.97 Å². The minimum absolute atomic E-state index is 0.351. The maximum atomic E-state index is 13.0. The molecule has 2 N–H and O–H groups in total. The van der Waals surface area contributed by atoms with Gasteiger partial charge in [0.15, 0.2) is 0 Å². The molecule has 0 unspecified atom stereocenters. The van der Waals surface area contributed by atoms with Gasteiger partial charge in [-0.3, -0.25) is 0 Å². The van der Waals surface area contributed by atoms with Gasteiger partial charge in [0, 0.05) is 23.3 Å². The number of fused-ring (bicyclic) bond motifs is 1. The molecule has 0 radical (unpaired) electrons. The fraction of sp³-hybridized carbons (Fsp3) is 0. The molecule has 5 heteroatoms. The van der Waals surface area contributed by atoms with Gasteiger partial charge in [0.25, 0.3) is 0 Å². The Bertz CT molecular complexity index is 686. The van der Waals surface area contributed by atoms with Crippen LogP contribution in [0.4, 0.5) is 20.2 Å². The average Bonchev–Trinajstić information content (AvgIpc) is 2.74. The van der Waals surface area contributed by atoms with E-state index in [0.29, 0.717) is 11.4 Å². The Balaban J connectivity index is 1.95. The quantitative estimate of drug-likeness (QED) is 0.724. The lowest BCUT2D eigenvalue weighted by atomic mass is 10.2. The predicted molar refractivity (Wildman–Crippen MR) is 65.7 cm³/mol. The Morgan fingerprint density at radius 2 is 1.78 bits per heavy atom. The Morgan fingerprint density at radius 3 is 2.56 bits per heavy atom. The van der Waals surface area contributed by atoms with E-state index in [-0.39, 0.29) is 0 Å². The zero-order valence-electron chi connectivity index (χ0n) is 9.24. The van der Waals surface area contributed by atoms with E-state index in [0.717, 1.165) is 17.1 Å². The lowest BCUT2D eigenvalue weighted by molar-refractivity contribution is 0.584. The normalized spacial score (nSPS) is 10.8. The fourth-order valence-corrected chi connectivity index (χ4v) is 1.80. The number of rotatable bonds is 2. The van der Waals surface area contributed by atoms with Crippen molar-refractivity contribution in [2.45, 2.75) is 0 Å². The highest BCUT2D eigenvalue weighted by Crippen LogP contribution is 2.21. The topological polar surface area (TPSA) is 40.7 Å². The van der Waals surface area contributed by atoms with Crippen molar-refractivity contribution in [2.75, 3.05) is 5.32 Å². The van der Waals surface area contributed by atoms with Crippen LogP contribution < -0.4 is 5.32 Å². The Morgan fingerprint density at radius 1 is 1.00 bits per heavy atom. The molecule has 2 aromatic heterocycles. The van der Waals surface area contributed by atoms with Gasteiger partial charge in [-0.2, -0.15) is 0 Å². The van der Waals surface area contributed by atoms with Crippen LogP contribution in [0.1, 0.15) is 0 Å². The van der Waals surface area contributed by atoms with Crippen LogP contribution in [0.2, 0.25) is 0 Å². The number of hydrogen-bond acceptors (Lipinski definition) is 2. The van der Waals surface area contributed by atoms with Gasteiger partial charge in [0.1, 0.15) is 17.3 Å². The van der Waals surface area contributed by atoms with Crippen molar-refractivity contribution in [1.82, 2.24) is 9.97 Å². The third kappa shape index (κ3) is 2.02. The number of benzene rings is 1. The van der Waals surface area contributed by atoms with Crippen molar-refractivity contribution in [2.24, 2.45) is 0 Å². The Labute approximate surface area is 101 Å². The van der Waals surface area contributed by atoms with Crippen molar-refractivity contribution in [3.63, 3.8) is 0 Å². The molecule has 0 saturated heterocycles. The van der Waals surface area contributed by atoms with Gasteiger partial charge < -0.3 is 10.3 Å². The monoisotopic (exact) mass is 245 g/mol. The summed E-state index contributed by atoms with van der Waals surface area (Å²) in [5.41, 5.74) is 1.79. The van der Waals surface area contributed by atoms with Crippen LogP contribution in [0.25, 0.3) is 11.0 Å². The Kier molecular flexibility index (Phi) is 2.44. The molecule has 0 aliphatic carbocycles. The number of halogens is 2. The van der Waals surface area contributed by atoms with E-state index >= 15 is 0 Å². The number of aromatic nitrogens is 2. The molecule has 18 heavy (non-hydrogen) atoms. The minimum Gasteiger partial charge on any atom is -0.354 e. The van der Waals surface area contributed by atoms with Gasteiger partial charge in [-0.1, -0.05) is 0 Å². The van der Waals surface area contributed by atoms with Crippen molar-refractivity contribution in [3.05, 3.63) is 54.4 Å². The first-order chi connectivity index (χ1) is 8.70. The molecular formula is C13H9F2N3. The fourth-order valence-electron chi connectivity index (χ4n) is 1.80. The maximum Gasteiger partial charge on any atom is 0.137 e. The van der Waals surface area contributed by atoms with E-state index in [1.165, 1.54) is 12.1 Å².